The van der Waals surface area contributed by atoms with Crippen LogP contribution >= 0.6 is 0 Å². The van der Waals surface area contributed by atoms with Gasteiger partial charge in [-0.1, -0.05) is 27.7 Å². The van der Waals surface area contributed by atoms with E-state index >= 15 is 0 Å². The highest BCUT2D eigenvalue weighted by atomic mass is 19.4. The molecule has 0 aromatic heterocycles. The maximum atomic E-state index is 12.9. The van der Waals surface area contributed by atoms with Gasteiger partial charge >= 0.3 is 18.2 Å². The molecular weight excluding hydrogens is 451 g/mol. The van der Waals surface area contributed by atoms with Gasteiger partial charge in [-0.15, -0.1) is 0 Å². The molecular formula is C25H38F3NO5. The fourth-order valence-electron chi connectivity index (χ4n) is 3.46. The van der Waals surface area contributed by atoms with E-state index in [1.165, 1.54) is 12.1 Å². The number of hydrogen-bond acceptors (Lipinski definition) is 5. The zero-order valence-electron chi connectivity index (χ0n) is 21.3. The number of alkyl carbamates (subject to hydrolysis) is 1. The first-order valence-corrected chi connectivity index (χ1v) is 11.6. The number of hydrogen-bond donors (Lipinski definition) is 1. The Morgan fingerprint density at radius 3 is 1.91 bits per heavy atom. The first kappa shape index (κ1) is 29.6. The number of rotatable bonds is 10. The SMILES string of the molecule is CCC(CC)[C@@H](Oc1ccc(C(F)(F)F)cc1)[C@H](C)OC(=O)[C@@H](NC(=O)OC(C)(C)C)C(C)C. The summed E-state index contributed by atoms with van der Waals surface area (Å²) in [5.41, 5.74) is -1.50. The lowest BCUT2D eigenvalue weighted by Gasteiger charge is -2.32. The molecule has 0 unspecified atom stereocenters. The molecule has 0 aliphatic heterocycles. The summed E-state index contributed by atoms with van der Waals surface area (Å²) in [6, 6.07) is 3.48. The quantitative estimate of drug-likeness (QED) is 0.387. The molecule has 1 amide bonds. The van der Waals surface area contributed by atoms with E-state index in [4.69, 9.17) is 14.2 Å². The van der Waals surface area contributed by atoms with Gasteiger partial charge in [0.2, 0.25) is 0 Å². The minimum absolute atomic E-state index is 0.0126. The normalized spacial score (nSPS) is 15.0. The predicted molar refractivity (Wildman–Crippen MR) is 123 cm³/mol. The van der Waals surface area contributed by atoms with Gasteiger partial charge in [-0.3, -0.25) is 0 Å². The lowest BCUT2D eigenvalue weighted by atomic mass is 9.93. The smallest absolute Gasteiger partial charge is 0.416 e. The number of nitrogens with one attached hydrogen (secondary N) is 1. The minimum Gasteiger partial charge on any atom is -0.486 e. The Morgan fingerprint density at radius 2 is 1.50 bits per heavy atom. The number of halogens is 3. The van der Waals surface area contributed by atoms with Crippen molar-refractivity contribution in [3.8, 4) is 5.75 Å². The van der Waals surface area contributed by atoms with Gasteiger partial charge in [-0.25, -0.2) is 9.59 Å². The van der Waals surface area contributed by atoms with E-state index in [0.717, 1.165) is 12.1 Å². The Hall–Kier alpha value is -2.45. The van der Waals surface area contributed by atoms with Crippen LogP contribution in [0.2, 0.25) is 0 Å². The fraction of sp³-hybridized carbons (Fsp3) is 0.680. The number of carbonyl (C=O) groups excluding carboxylic acids is 2. The molecule has 0 aliphatic rings. The van der Waals surface area contributed by atoms with E-state index in [0.29, 0.717) is 12.8 Å². The third-order valence-electron chi connectivity index (χ3n) is 5.32. The van der Waals surface area contributed by atoms with Crippen LogP contribution in [0.3, 0.4) is 0 Å². The number of amides is 1. The van der Waals surface area contributed by atoms with E-state index < -0.39 is 47.7 Å². The summed E-state index contributed by atoms with van der Waals surface area (Å²) in [4.78, 5) is 25.1. The van der Waals surface area contributed by atoms with Crippen molar-refractivity contribution in [3.05, 3.63) is 29.8 Å². The topological polar surface area (TPSA) is 73.9 Å². The first-order chi connectivity index (χ1) is 15.6. The molecule has 3 atom stereocenters. The summed E-state index contributed by atoms with van der Waals surface area (Å²) in [5, 5.41) is 2.56. The van der Waals surface area contributed by atoms with Crippen LogP contribution in [0.1, 0.15) is 73.8 Å². The Labute approximate surface area is 200 Å². The van der Waals surface area contributed by atoms with Gasteiger partial charge in [-0.2, -0.15) is 13.2 Å². The molecule has 34 heavy (non-hydrogen) atoms. The molecule has 0 bridgehead atoms. The summed E-state index contributed by atoms with van der Waals surface area (Å²) in [7, 11) is 0. The molecule has 194 valence electrons. The first-order valence-electron chi connectivity index (χ1n) is 11.6. The zero-order chi connectivity index (χ0) is 26.3. The van der Waals surface area contributed by atoms with Crippen LogP contribution in [0, 0.1) is 11.8 Å². The molecule has 0 saturated heterocycles. The van der Waals surface area contributed by atoms with E-state index in [9.17, 15) is 22.8 Å². The maximum Gasteiger partial charge on any atom is 0.416 e. The number of esters is 1. The van der Waals surface area contributed by atoms with Gasteiger partial charge in [0.15, 0.2) is 0 Å². The highest BCUT2D eigenvalue weighted by Gasteiger charge is 2.35. The highest BCUT2D eigenvalue weighted by molar-refractivity contribution is 5.81. The van der Waals surface area contributed by atoms with Crippen LogP contribution in [0.4, 0.5) is 18.0 Å². The molecule has 6 nitrogen and oxygen atoms in total. The van der Waals surface area contributed by atoms with Gasteiger partial charge in [0.05, 0.1) is 5.56 Å². The van der Waals surface area contributed by atoms with Crippen molar-refractivity contribution in [2.45, 2.75) is 98.3 Å². The van der Waals surface area contributed by atoms with Gasteiger partial charge in [0.1, 0.15) is 29.6 Å². The average molecular weight is 490 g/mol. The molecule has 0 saturated carbocycles. The van der Waals surface area contributed by atoms with Crippen molar-refractivity contribution in [3.63, 3.8) is 0 Å². The van der Waals surface area contributed by atoms with Crippen LogP contribution in [0.25, 0.3) is 0 Å². The maximum absolute atomic E-state index is 12.9. The number of ether oxygens (including phenoxy) is 3. The second-order valence-electron chi connectivity index (χ2n) is 9.69. The third-order valence-corrected chi connectivity index (χ3v) is 5.32. The van der Waals surface area contributed by atoms with Crippen molar-refractivity contribution in [2.75, 3.05) is 0 Å². The molecule has 0 heterocycles. The lowest BCUT2D eigenvalue weighted by molar-refractivity contribution is -0.158. The largest absolute Gasteiger partial charge is 0.486 e. The molecule has 0 fully saturated rings. The van der Waals surface area contributed by atoms with E-state index in [2.05, 4.69) is 5.32 Å². The number of carbonyl (C=O) groups is 2. The molecule has 1 rings (SSSR count). The van der Waals surface area contributed by atoms with E-state index in [1.54, 1.807) is 41.5 Å². The Balaban J connectivity index is 3.01. The minimum atomic E-state index is -4.44. The van der Waals surface area contributed by atoms with Crippen LogP contribution in [0.15, 0.2) is 24.3 Å². The van der Waals surface area contributed by atoms with Gasteiger partial charge in [0, 0.05) is 0 Å². The van der Waals surface area contributed by atoms with Crippen molar-refractivity contribution in [1.82, 2.24) is 5.32 Å². The molecule has 9 heteroatoms. The lowest BCUT2D eigenvalue weighted by Crippen LogP contribution is -2.49. The summed E-state index contributed by atoms with van der Waals surface area (Å²) in [5.74, 6) is -0.670. The number of benzene rings is 1. The zero-order valence-corrected chi connectivity index (χ0v) is 21.3. The van der Waals surface area contributed by atoms with Gasteiger partial charge in [-0.05, 0) is 76.6 Å². The van der Waals surface area contributed by atoms with Gasteiger partial charge in [0.25, 0.3) is 0 Å². The molecule has 0 aliphatic carbocycles. The van der Waals surface area contributed by atoms with Crippen molar-refractivity contribution in [1.29, 1.82) is 0 Å². The van der Waals surface area contributed by atoms with Crippen LogP contribution in [0.5, 0.6) is 5.75 Å². The second kappa shape index (κ2) is 12.3. The molecule has 1 aromatic carbocycles. The Kier molecular flexibility index (Phi) is 10.7. The molecule has 0 spiro atoms. The van der Waals surface area contributed by atoms with E-state index in [1.807, 2.05) is 13.8 Å². The molecule has 1 N–H and O–H groups in total. The van der Waals surface area contributed by atoms with Crippen LogP contribution in [-0.4, -0.2) is 35.9 Å². The molecule has 1 aromatic rings. The monoisotopic (exact) mass is 489 g/mol. The summed E-state index contributed by atoms with van der Waals surface area (Å²) in [6.07, 6.45) is -5.05. The van der Waals surface area contributed by atoms with Crippen molar-refractivity contribution in [2.24, 2.45) is 11.8 Å². The second-order valence-corrected chi connectivity index (χ2v) is 9.69. The van der Waals surface area contributed by atoms with Crippen LogP contribution < -0.4 is 10.1 Å². The number of alkyl halides is 3. The summed E-state index contributed by atoms with van der Waals surface area (Å²) < 4.78 is 55.6. The Bertz CT molecular complexity index is 783. The molecule has 0 radical (unpaired) electrons. The average Bonchev–Trinajstić information content (AvgIpc) is 2.70. The Morgan fingerprint density at radius 1 is 0.971 bits per heavy atom. The third kappa shape index (κ3) is 9.43. The highest BCUT2D eigenvalue weighted by Crippen LogP contribution is 2.31. The summed E-state index contributed by atoms with van der Waals surface area (Å²) >= 11 is 0. The van der Waals surface area contributed by atoms with Crippen molar-refractivity contribution >= 4 is 12.1 Å². The van der Waals surface area contributed by atoms with Gasteiger partial charge < -0.3 is 19.5 Å². The van der Waals surface area contributed by atoms with Crippen LogP contribution in [-0.2, 0) is 20.4 Å². The predicted octanol–water partition coefficient (Wildman–Crippen LogP) is 6.37. The van der Waals surface area contributed by atoms with Crippen molar-refractivity contribution < 1.29 is 37.0 Å². The standard InChI is InChI=1S/C25H38F3NO5/c1-9-17(10-2)21(33-19-13-11-18(12-14-19)25(26,27)28)16(5)32-22(30)20(15(3)4)29-23(31)34-24(6,7)8/h11-17,20-21H,9-10H2,1-8H3,(H,29,31)/t16-,20-,21-/m0/s1. The summed E-state index contributed by atoms with van der Waals surface area (Å²) in [6.45, 7) is 14.3. The fourth-order valence-corrected chi connectivity index (χ4v) is 3.46. The van der Waals surface area contributed by atoms with E-state index in [-0.39, 0.29) is 17.6 Å².